The first-order valence-corrected chi connectivity index (χ1v) is 7.15. The molecule has 3 nitrogen and oxygen atoms in total. The molecule has 0 atom stereocenters. The zero-order chi connectivity index (χ0) is 15.6. The normalized spacial score (nSPS) is 10.5. The molecule has 2 aromatic carbocycles. The number of ether oxygens (including phenoxy) is 1. The minimum Gasteiger partial charge on any atom is -0.488 e. The summed E-state index contributed by atoms with van der Waals surface area (Å²) in [7, 11) is 0. The molecule has 0 saturated heterocycles. The average molecular weight is 374 g/mol. The number of benzene rings is 2. The van der Waals surface area contributed by atoms with Crippen molar-refractivity contribution in [2.75, 3.05) is 0 Å². The standard InChI is InChI=1S/C15H11BrClFO3/c1-8-4-10(16)6-11(15(19)20)14(8)21-7-9-2-3-12(17)13(18)5-9/h2-6H,7H2,1H3,(H,19,20). The maximum atomic E-state index is 13.4. The van der Waals surface area contributed by atoms with Crippen LogP contribution < -0.4 is 4.74 Å². The van der Waals surface area contributed by atoms with Crippen molar-refractivity contribution in [2.45, 2.75) is 13.5 Å². The van der Waals surface area contributed by atoms with E-state index in [1.54, 1.807) is 19.1 Å². The predicted molar refractivity (Wildman–Crippen MR) is 81.6 cm³/mol. The lowest BCUT2D eigenvalue weighted by Gasteiger charge is -2.13. The fraction of sp³-hybridized carbons (Fsp3) is 0.133. The first-order valence-electron chi connectivity index (χ1n) is 5.98. The van der Waals surface area contributed by atoms with Crippen LogP contribution in [0.2, 0.25) is 5.02 Å². The molecule has 110 valence electrons. The number of rotatable bonds is 4. The smallest absolute Gasteiger partial charge is 0.339 e. The Labute approximate surface area is 134 Å². The first kappa shape index (κ1) is 15.8. The number of aryl methyl sites for hydroxylation is 1. The largest absolute Gasteiger partial charge is 0.488 e. The van der Waals surface area contributed by atoms with E-state index in [0.717, 1.165) is 0 Å². The second-order valence-electron chi connectivity index (χ2n) is 4.44. The number of carboxylic acids is 1. The van der Waals surface area contributed by atoms with Gasteiger partial charge in [-0.05, 0) is 42.3 Å². The van der Waals surface area contributed by atoms with Gasteiger partial charge in [-0.1, -0.05) is 33.6 Å². The summed E-state index contributed by atoms with van der Waals surface area (Å²) >= 11 is 8.85. The number of aromatic carboxylic acids is 1. The van der Waals surface area contributed by atoms with Crippen LogP contribution in [0, 0.1) is 12.7 Å². The number of hydrogen-bond acceptors (Lipinski definition) is 2. The van der Waals surface area contributed by atoms with Gasteiger partial charge in [-0.3, -0.25) is 0 Å². The van der Waals surface area contributed by atoms with E-state index >= 15 is 0 Å². The Kier molecular flexibility index (Phi) is 4.85. The maximum Gasteiger partial charge on any atom is 0.339 e. The highest BCUT2D eigenvalue weighted by molar-refractivity contribution is 9.10. The van der Waals surface area contributed by atoms with Gasteiger partial charge in [0.25, 0.3) is 0 Å². The number of halogens is 3. The zero-order valence-electron chi connectivity index (χ0n) is 11.0. The van der Waals surface area contributed by atoms with Gasteiger partial charge >= 0.3 is 5.97 Å². The van der Waals surface area contributed by atoms with E-state index in [1.165, 1.54) is 18.2 Å². The van der Waals surface area contributed by atoms with Crippen LogP contribution in [0.15, 0.2) is 34.8 Å². The minimum absolute atomic E-state index is 0.0322. The molecule has 0 saturated carbocycles. The SMILES string of the molecule is Cc1cc(Br)cc(C(=O)O)c1OCc1ccc(Cl)c(F)c1. The van der Waals surface area contributed by atoms with Crippen LogP contribution in [0.3, 0.4) is 0 Å². The van der Waals surface area contributed by atoms with E-state index in [-0.39, 0.29) is 22.9 Å². The van der Waals surface area contributed by atoms with Crippen molar-refractivity contribution in [1.82, 2.24) is 0 Å². The second kappa shape index (κ2) is 6.45. The van der Waals surface area contributed by atoms with Crippen molar-refractivity contribution in [1.29, 1.82) is 0 Å². The fourth-order valence-electron chi connectivity index (χ4n) is 1.87. The van der Waals surface area contributed by atoms with Gasteiger partial charge in [0.2, 0.25) is 0 Å². The molecule has 21 heavy (non-hydrogen) atoms. The van der Waals surface area contributed by atoms with Gasteiger partial charge in [0.05, 0.1) is 5.02 Å². The summed E-state index contributed by atoms with van der Waals surface area (Å²) in [6.45, 7) is 1.80. The van der Waals surface area contributed by atoms with E-state index in [1.807, 2.05) is 0 Å². The fourth-order valence-corrected chi connectivity index (χ4v) is 2.56. The Bertz CT molecular complexity index is 704. The van der Waals surface area contributed by atoms with Crippen LogP contribution in [0.4, 0.5) is 4.39 Å². The Morgan fingerprint density at radius 3 is 2.71 bits per heavy atom. The molecule has 0 spiro atoms. The van der Waals surface area contributed by atoms with Crippen LogP contribution in [0.1, 0.15) is 21.5 Å². The highest BCUT2D eigenvalue weighted by atomic mass is 79.9. The summed E-state index contributed by atoms with van der Waals surface area (Å²) in [6, 6.07) is 7.54. The number of carboxylic acid groups (broad SMARTS) is 1. The molecule has 2 aromatic rings. The van der Waals surface area contributed by atoms with E-state index in [4.69, 9.17) is 16.3 Å². The Morgan fingerprint density at radius 2 is 2.10 bits per heavy atom. The van der Waals surface area contributed by atoms with Crippen molar-refractivity contribution >= 4 is 33.5 Å². The summed E-state index contributed by atoms with van der Waals surface area (Å²) < 4.78 is 19.6. The Hall–Kier alpha value is -1.59. The molecule has 0 aromatic heterocycles. The summed E-state index contributed by atoms with van der Waals surface area (Å²) in [6.07, 6.45) is 0. The highest BCUT2D eigenvalue weighted by Gasteiger charge is 2.15. The van der Waals surface area contributed by atoms with Crippen LogP contribution in [-0.4, -0.2) is 11.1 Å². The van der Waals surface area contributed by atoms with Crippen LogP contribution in [-0.2, 0) is 6.61 Å². The Morgan fingerprint density at radius 1 is 1.38 bits per heavy atom. The molecular formula is C15H11BrClFO3. The van der Waals surface area contributed by atoms with Gasteiger partial charge in [0.15, 0.2) is 0 Å². The van der Waals surface area contributed by atoms with Crippen molar-refractivity contribution in [3.63, 3.8) is 0 Å². The molecule has 0 aliphatic heterocycles. The monoisotopic (exact) mass is 372 g/mol. The number of hydrogen-bond donors (Lipinski definition) is 1. The van der Waals surface area contributed by atoms with Crippen molar-refractivity contribution in [3.8, 4) is 5.75 Å². The highest BCUT2D eigenvalue weighted by Crippen LogP contribution is 2.29. The molecule has 0 radical (unpaired) electrons. The minimum atomic E-state index is -1.09. The van der Waals surface area contributed by atoms with Crippen molar-refractivity contribution in [3.05, 3.63) is 62.3 Å². The third-order valence-corrected chi connectivity index (χ3v) is 3.60. The molecule has 0 aliphatic carbocycles. The Balaban J connectivity index is 2.27. The zero-order valence-corrected chi connectivity index (χ0v) is 13.3. The molecule has 6 heteroatoms. The van der Waals surface area contributed by atoms with E-state index in [0.29, 0.717) is 15.6 Å². The van der Waals surface area contributed by atoms with Crippen LogP contribution >= 0.6 is 27.5 Å². The van der Waals surface area contributed by atoms with Crippen molar-refractivity contribution < 1.29 is 19.0 Å². The second-order valence-corrected chi connectivity index (χ2v) is 5.76. The topological polar surface area (TPSA) is 46.5 Å². The van der Waals surface area contributed by atoms with Gasteiger partial charge in [-0.2, -0.15) is 0 Å². The molecule has 2 rings (SSSR count). The molecule has 1 N–H and O–H groups in total. The lowest BCUT2D eigenvalue weighted by atomic mass is 10.1. The van der Waals surface area contributed by atoms with E-state index in [2.05, 4.69) is 15.9 Å². The molecule has 0 fully saturated rings. The van der Waals surface area contributed by atoms with E-state index in [9.17, 15) is 14.3 Å². The summed E-state index contributed by atoms with van der Waals surface area (Å²) in [5.41, 5.74) is 1.29. The van der Waals surface area contributed by atoms with Crippen molar-refractivity contribution in [2.24, 2.45) is 0 Å². The first-order chi connectivity index (χ1) is 9.88. The summed E-state index contributed by atoms with van der Waals surface area (Å²) in [5.74, 6) is -1.36. The predicted octanol–water partition coefficient (Wildman–Crippen LogP) is 4.83. The van der Waals surface area contributed by atoms with Gasteiger partial charge < -0.3 is 9.84 Å². The molecule has 0 bridgehead atoms. The summed E-state index contributed by atoms with van der Waals surface area (Å²) in [5, 5.41) is 9.25. The molecule has 0 aliphatic rings. The van der Waals surface area contributed by atoms with Gasteiger partial charge in [0, 0.05) is 4.47 Å². The third-order valence-electron chi connectivity index (χ3n) is 2.84. The van der Waals surface area contributed by atoms with Gasteiger partial charge in [0.1, 0.15) is 23.7 Å². The molecule has 0 amide bonds. The summed E-state index contributed by atoms with van der Waals surface area (Å²) in [4.78, 5) is 11.3. The van der Waals surface area contributed by atoms with Crippen LogP contribution in [0.25, 0.3) is 0 Å². The lowest BCUT2D eigenvalue weighted by molar-refractivity contribution is 0.0691. The van der Waals surface area contributed by atoms with Gasteiger partial charge in [-0.25, -0.2) is 9.18 Å². The molecule has 0 heterocycles. The quantitative estimate of drug-likeness (QED) is 0.835. The molecular weight excluding hydrogens is 363 g/mol. The van der Waals surface area contributed by atoms with E-state index < -0.39 is 11.8 Å². The number of carbonyl (C=O) groups is 1. The maximum absolute atomic E-state index is 13.4. The van der Waals surface area contributed by atoms with Crippen LogP contribution in [0.5, 0.6) is 5.75 Å². The lowest BCUT2D eigenvalue weighted by Crippen LogP contribution is -2.05. The van der Waals surface area contributed by atoms with Gasteiger partial charge in [-0.15, -0.1) is 0 Å². The third kappa shape index (κ3) is 3.74. The molecule has 0 unspecified atom stereocenters. The average Bonchev–Trinajstić information content (AvgIpc) is 2.40.